The van der Waals surface area contributed by atoms with E-state index in [4.69, 9.17) is 5.73 Å². The zero-order valence-electron chi connectivity index (χ0n) is 11.8. The van der Waals surface area contributed by atoms with Gasteiger partial charge < -0.3 is 16.0 Å². The average molecular weight is 294 g/mol. The molecule has 0 aliphatic rings. The normalized spacial score (nSPS) is 10.6. The Morgan fingerprint density at radius 2 is 2.35 bits per heavy atom. The highest BCUT2D eigenvalue weighted by molar-refractivity contribution is 7.18. The Balaban J connectivity index is 2.03. The van der Waals surface area contributed by atoms with Gasteiger partial charge >= 0.3 is 0 Å². The molecule has 0 atom stereocenters. The number of nitrogens with one attached hydrogen (secondary N) is 1. The second kappa shape index (κ2) is 5.91. The maximum absolute atomic E-state index is 12.1. The fourth-order valence-electron chi connectivity index (χ4n) is 1.59. The van der Waals surface area contributed by atoms with Gasteiger partial charge in [-0.25, -0.2) is 4.98 Å². The molecular formula is C12H18N6OS. The number of anilines is 2. The molecule has 2 aromatic rings. The summed E-state index contributed by atoms with van der Waals surface area (Å²) >= 11 is 1.29. The predicted octanol–water partition coefficient (Wildman–Crippen LogP) is 0.845. The van der Waals surface area contributed by atoms with Crippen molar-refractivity contribution < 1.29 is 4.79 Å². The van der Waals surface area contributed by atoms with Crippen molar-refractivity contribution in [2.45, 2.75) is 13.5 Å². The summed E-state index contributed by atoms with van der Waals surface area (Å²) in [5.41, 5.74) is 6.60. The van der Waals surface area contributed by atoms with Crippen molar-refractivity contribution in [2.75, 3.05) is 24.2 Å². The van der Waals surface area contributed by atoms with Gasteiger partial charge in [0.15, 0.2) is 5.13 Å². The van der Waals surface area contributed by atoms with Gasteiger partial charge in [0, 0.05) is 26.8 Å². The van der Waals surface area contributed by atoms with Crippen LogP contribution in [0.5, 0.6) is 0 Å². The summed E-state index contributed by atoms with van der Waals surface area (Å²) in [4.78, 5) is 18.7. The Morgan fingerprint density at radius 3 is 2.95 bits per heavy atom. The lowest BCUT2D eigenvalue weighted by Gasteiger charge is -2.10. The Morgan fingerprint density at radius 1 is 1.60 bits per heavy atom. The summed E-state index contributed by atoms with van der Waals surface area (Å²) in [6.45, 7) is 3.19. The van der Waals surface area contributed by atoms with Gasteiger partial charge in [0.1, 0.15) is 10.7 Å². The van der Waals surface area contributed by atoms with Gasteiger partial charge in [-0.3, -0.25) is 9.48 Å². The Hall–Kier alpha value is -2.09. The van der Waals surface area contributed by atoms with E-state index in [-0.39, 0.29) is 11.7 Å². The molecule has 0 fully saturated rings. The molecular weight excluding hydrogens is 276 g/mol. The monoisotopic (exact) mass is 294 g/mol. The number of aryl methyl sites for hydroxylation is 1. The second-order valence-electron chi connectivity index (χ2n) is 4.39. The highest BCUT2D eigenvalue weighted by Gasteiger charge is 2.17. The Kier molecular flexibility index (Phi) is 4.23. The second-order valence-corrected chi connectivity index (χ2v) is 5.37. The number of nitrogens with zero attached hydrogens (tertiary/aromatic N) is 4. The largest absolute Gasteiger partial charge is 0.382 e. The molecule has 7 nitrogen and oxygen atoms in total. The number of nitrogens with two attached hydrogens (primary N) is 1. The van der Waals surface area contributed by atoms with Gasteiger partial charge in [-0.2, -0.15) is 5.10 Å². The summed E-state index contributed by atoms with van der Waals surface area (Å²) in [6.07, 6.45) is 1.83. The van der Waals surface area contributed by atoms with Crippen molar-refractivity contribution in [3.05, 3.63) is 22.8 Å². The molecule has 2 rings (SSSR count). The van der Waals surface area contributed by atoms with Crippen LogP contribution in [-0.4, -0.2) is 34.3 Å². The lowest BCUT2D eigenvalue weighted by atomic mass is 10.4. The molecule has 8 heteroatoms. The van der Waals surface area contributed by atoms with Gasteiger partial charge in [0.25, 0.3) is 5.91 Å². The lowest BCUT2D eigenvalue weighted by Crippen LogP contribution is -2.23. The van der Waals surface area contributed by atoms with E-state index in [0.717, 1.165) is 17.4 Å². The van der Waals surface area contributed by atoms with Gasteiger partial charge in [-0.15, -0.1) is 0 Å². The van der Waals surface area contributed by atoms with E-state index in [9.17, 15) is 4.79 Å². The molecule has 0 saturated carbocycles. The number of hydrogen-bond donors (Lipinski definition) is 2. The molecule has 0 aromatic carbocycles. The zero-order chi connectivity index (χ0) is 14.7. The molecule has 0 radical (unpaired) electrons. The van der Waals surface area contributed by atoms with Crippen molar-refractivity contribution in [3.8, 4) is 0 Å². The summed E-state index contributed by atoms with van der Waals surface area (Å²) in [6, 6.07) is 1.85. The minimum Gasteiger partial charge on any atom is -0.382 e. The van der Waals surface area contributed by atoms with Crippen LogP contribution in [0.15, 0.2) is 12.3 Å². The number of rotatable bonds is 5. The van der Waals surface area contributed by atoms with E-state index in [2.05, 4.69) is 15.4 Å². The summed E-state index contributed by atoms with van der Waals surface area (Å²) in [5.74, 6) is 0.0465. The first-order valence-corrected chi connectivity index (χ1v) is 7.07. The van der Waals surface area contributed by atoms with Crippen LogP contribution in [0, 0.1) is 0 Å². The molecule has 0 aliphatic heterocycles. The van der Waals surface area contributed by atoms with Gasteiger partial charge in [-0.1, -0.05) is 11.3 Å². The van der Waals surface area contributed by atoms with Crippen molar-refractivity contribution in [3.63, 3.8) is 0 Å². The first kappa shape index (κ1) is 14.3. The van der Waals surface area contributed by atoms with E-state index in [1.54, 1.807) is 4.68 Å². The molecule has 108 valence electrons. The molecule has 0 spiro atoms. The van der Waals surface area contributed by atoms with Crippen molar-refractivity contribution in [1.29, 1.82) is 0 Å². The first-order chi connectivity index (χ1) is 9.51. The number of aromatic nitrogens is 3. The minimum absolute atomic E-state index is 0.221. The fourth-order valence-corrected chi connectivity index (χ4v) is 2.52. The lowest BCUT2D eigenvalue weighted by molar-refractivity contribution is 0.0955. The number of amides is 1. The molecule has 1 amide bonds. The SMILES string of the molecule is CCN(C)c1nc(N)c(C(=O)NCc2ccn(C)n2)s1. The average Bonchev–Trinajstić information content (AvgIpc) is 3.01. The topological polar surface area (TPSA) is 89.1 Å². The Bertz CT molecular complexity index is 605. The van der Waals surface area contributed by atoms with Crippen molar-refractivity contribution in [1.82, 2.24) is 20.1 Å². The summed E-state index contributed by atoms with van der Waals surface area (Å²) in [5, 5.41) is 7.74. The Labute approximate surface area is 121 Å². The van der Waals surface area contributed by atoms with Crippen LogP contribution >= 0.6 is 11.3 Å². The maximum Gasteiger partial charge on any atom is 0.265 e. The van der Waals surface area contributed by atoms with E-state index in [1.807, 2.05) is 38.2 Å². The van der Waals surface area contributed by atoms with E-state index in [0.29, 0.717) is 11.4 Å². The molecule has 0 aliphatic carbocycles. The van der Waals surface area contributed by atoms with E-state index in [1.165, 1.54) is 11.3 Å². The summed E-state index contributed by atoms with van der Waals surface area (Å²) in [7, 11) is 3.74. The molecule has 0 saturated heterocycles. The first-order valence-electron chi connectivity index (χ1n) is 6.25. The number of hydrogen-bond acceptors (Lipinski definition) is 6. The van der Waals surface area contributed by atoms with Gasteiger partial charge in [0.05, 0.1) is 12.2 Å². The van der Waals surface area contributed by atoms with Crippen molar-refractivity contribution in [2.24, 2.45) is 7.05 Å². The minimum atomic E-state index is -0.221. The van der Waals surface area contributed by atoms with E-state index < -0.39 is 0 Å². The molecule has 0 unspecified atom stereocenters. The highest BCUT2D eigenvalue weighted by Crippen LogP contribution is 2.27. The van der Waals surface area contributed by atoms with Crippen molar-refractivity contribution >= 4 is 28.2 Å². The molecule has 0 bridgehead atoms. The standard InChI is InChI=1S/C12H18N6OS/c1-4-17(2)12-15-10(13)9(20-12)11(19)14-7-8-5-6-18(3)16-8/h5-6H,4,7,13H2,1-3H3,(H,14,19). The van der Waals surface area contributed by atoms with Crippen LogP contribution in [0.3, 0.4) is 0 Å². The van der Waals surface area contributed by atoms with Gasteiger partial charge in [-0.05, 0) is 13.0 Å². The predicted molar refractivity (Wildman–Crippen MR) is 79.8 cm³/mol. The quantitative estimate of drug-likeness (QED) is 0.853. The number of nitrogen functional groups attached to an aromatic ring is 1. The smallest absolute Gasteiger partial charge is 0.265 e. The van der Waals surface area contributed by atoms with Crippen LogP contribution in [-0.2, 0) is 13.6 Å². The third kappa shape index (κ3) is 3.08. The summed E-state index contributed by atoms with van der Waals surface area (Å²) < 4.78 is 1.69. The van der Waals surface area contributed by atoms with Crippen LogP contribution in [0.2, 0.25) is 0 Å². The van der Waals surface area contributed by atoms with Crippen LogP contribution in [0.4, 0.5) is 10.9 Å². The number of carbonyl (C=O) groups excluding carboxylic acids is 1. The van der Waals surface area contributed by atoms with E-state index >= 15 is 0 Å². The van der Waals surface area contributed by atoms with Crippen LogP contribution in [0.25, 0.3) is 0 Å². The maximum atomic E-state index is 12.1. The number of thiazole rings is 1. The van der Waals surface area contributed by atoms with Crippen LogP contribution in [0.1, 0.15) is 22.3 Å². The highest BCUT2D eigenvalue weighted by atomic mass is 32.1. The molecule has 3 N–H and O–H groups in total. The molecule has 2 aromatic heterocycles. The van der Waals surface area contributed by atoms with Crippen LogP contribution < -0.4 is 16.0 Å². The zero-order valence-corrected chi connectivity index (χ0v) is 12.6. The fraction of sp³-hybridized carbons (Fsp3) is 0.417. The van der Waals surface area contributed by atoms with Gasteiger partial charge in [0.2, 0.25) is 0 Å². The third-order valence-electron chi connectivity index (χ3n) is 2.85. The molecule has 2 heterocycles. The third-order valence-corrected chi connectivity index (χ3v) is 4.03. The molecule has 20 heavy (non-hydrogen) atoms. The number of carbonyl (C=O) groups is 1.